The number of anilines is 1. The zero-order valence-electron chi connectivity index (χ0n) is 19.9. The molecule has 2 N–H and O–H groups in total. The minimum absolute atomic E-state index is 0.0254. The van der Waals surface area contributed by atoms with Gasteiger partial charge < -0.3 is 14.8 Å². The highest BCUT2D eigenvalue weighted by Gasteiger charge is 2.21. The minimum Gasteiger partial charge on any atom is -0.463 e. The number of nitrogens with one attached hydrogen (secondary N) is 2. The predicted octanol–water partition coefficient (Wildman–Crippen LogP) is 2.81. The number of nitrogens with zero attached hydrogens (tertiary/aromatic N) is 3. The zero-order chi connectivity index (χ0) is 25.6. The number of esters is 1. The summed E-state index contributed by atoms with van der Waals surface area (Å²) in [6.45, 7) is 6.76. The van der Waals surface area contributed by atoms with Gasteiger partial charge in [-0.15, -0.1) is 0 Å². The Kier molecular flexibility index (Phi) is 7.85. The van der Waals surface area contributed by atoms with Gasteiger partial charge in [0.25, 0.3) is 0 Å². The first kappa shape index (κ1) is 25.8. The summed E-state index contributed by atoms with van der Waals surface area (Å²) in [6.07, 6.45) is 2.46. The van der Waals surface area contributed by atoms with Gasteiger partial charge in [0.05, 0.1) is 17.9 Å². The van der Waals surface area contributed by atoms with Gasteiger partial charge in [-0.25, -0.2) is 18.2 Å². The second-order valence-corrected chi connectivity index (χ2v) is 10.3. The van der Waals surface area contributed by atoms with Crippen LogP contribution in [0.2, 0.25) is 0 Å². The molecule has 0 aliphatic rings. The summed E-state index contributed by atoms with van der Waals surface area (Å²) in [6, 6.07) is 8.92. The number of carbonyl (C=O) groups excluding carboxylic acids is 2. The maximum Gasteiger partial charge on any atom is 0.407 e. The molecule has 0 saturated heterocycles. The van der Waals surface area contributed by atoms with Crippen molar-refractivity contribution in [3.8, 4) is 11.4 Å². The number of hydrogen-bond acceptors (Lipinski definition) is 9. The molecule has 3 aromatic heterocycles. The number of sulfonamides is 1. The molecule has 0 fully saturated rings. The number of aryl methyl sites for hydroxylation is 1. The molecule has 0 saturated carbocycles. The second kappa shape index (κ2) is 10.6. The monoisotopic (exact) mass is 501 g/mol. The second-order valence-electron chi connectivity index (χ2n) is 8.61. The molecule has 186 valence electrons. The van der Waals surface area contributed by atoms with Crippen LogP contribution in [-0.2, 0) is 24.3 Å². The summed E-state index contributed by atoms with van der Waals surface area (Å²) in [4.78, 5) is 36.7. The molecule has 0 atom stereocenters. The van der Waals surface area contributed by atoms with E-state index in [9.17, 15) is 18.0 Å². The molecule has 0 spiro atoms. The molecule has 0 radical (unpaired) electrons. The lowest BCUT2D eigenvalue weighted by Gasteiger charge is -2.19. The van der Waals surface area contributed by atoms with E-state index in [-0.39, 0.29) is 19.0 Å². The first-order valence-electron chi connectivity index (χ1n) is 10.7. The lowest BCUT2D eigenvalue weighted by molar-refractivity contribution is -0.140. The maximum atomic E-state index is 12.7. The lowest BCUT2D eigenvalue weighted by atomic mass is 10.1. The topological polar surface area (TPSA) is 149 Å². The van der Waals surface area contributed by atoms with Crippen molar-refractivity contribution in [2.24, 2.45) is 0 Å². The molecular weight excluding hydrogens is 474 g/mol. The molecule has 35 heavy (non-hydrogen) atoms. The third kappa shape index (κ3) is 7.60. The SMILES string of the molecule is Cc1cccnc1-c1cc2cccnc2c(NS(=O)(=O)CC(=O)OCCNC(=O)OC(C)(C)C)n1. The maximum absolute atomic E-state index is 12.7. The fourth-order valence-electron chi connectivity index (χ4n) is 3.04. The Morgan fingerprint density at radius 1 is 1.09 bits per heavy atom. The van der Waals surface area contributed by atoms with Crippen LogP contribution in [0.15, 0.2) is 42.7 Å². The number of ether oxygens (including phenoxy) is 2. The van der Waals surface area contributed by atoms with E-state index in [4.69, 9.17) is 9.47 Å². The van der Waals surface area contributed by atoms with Crippen molar-refractivity contribution in [2.75, 3.05) is 23.6 Å². The molecule has 12 heteroatoms. The van der Waals surface area contributed by atoms with Crippen LogP contribution in [0.5, 0.6) is 0 Å². The van der Waals surface area contributed by atoms with Gasteiger partial charge in [-0.1, -0.05) is 12.1 Å². The molecule has 3 aromatic rings. The largest absolute Gasteiger partial charge is 0.463 e. The molecule has 0 unspecified atom stereocenters. The Morgan fingerprint density at radius 2 is 1.80 bits per heavy atom. The molecule has 3 heterocycles. The van der Waals surface area contributed by atoms with Crippen LogP contribution in [0.3, 0.4) is 0 Å². The Hall–Kier alpha value is -3.80. The molecule has 3 rings (SSSR count). The van der Waals surface area contributed by atoms with Crippen LogP contribution >= 0.6 is 0 Å². The third-order valence-corrected chi connectivity index (χ3v) is 5.55. The normalized spacial score (nSPS) is 11.7. The molecule has 0 bridgehead atoms. The fourth-order valence-corrected chi connectivity index (χ4v) is 3.95. The summed E-state index contributed by atoms with van der Waals surface area (Å²) >= 11 is 0. The van der Waals surface area contributed by atoms with Crippen molar-refractivity contribution in [2.45, 2.75) is 33.3 Å². The Bertz CT molecular complexity index is 1340. The van der Waals surface area contributed by atoms with Gasteiger partial charge in [0, 0.05) is 17.8 Å². The summed E-state index contributed by atoms with van der Waals surface area (Å²) in [5, 5.41) is 3.07. The van der Waals surface area contributed by atoms with E-state index in [1.165, 1.54) is 6.20 Å². The summed E-state index contributed by atoms with van der Waals surface area (Å²) in [5.41, 5.74) is 1.57. The number of amides is 1. The first-order valence-corrected chi connectivity index (χ1v) is 12.4. The van der Waals surface area contributed by atoms with E-state index in [1.807, 2.05) is 13.0 Å². The van der Waals surface area contributed by atoms with Gasteiger partial charge in [-0.2, -0.15) is 0 Å². The third-order valence-electron chi connectivity index (χ3n) is 4.43. The number of carbonyl (C=O) groups is 2. The standard InChI is InChI=1S/C23H27N5O6S/c1-15-7-5-9-24-19(15)17-13-16-8-6-10-25-20(16)21(27-17)28-35(31,32)14-18(29)33-12-11-26-22(30)34-23(2,3)4/h5-10,13H,11-12,14H2,1-4H3,(H,26,30)(H,27,28). The van der Waals surface area contributed by atoms with Gasteiger partial charge in [0.1, 0.15) is 17.7 Å². The van der Waals surface area contributed by atoms with Crippen LogP contribution in [-0.4, -0.2) is 59.9 Å². The highest BCUT2D eigenvalue weighted by atomic mass is 32.2. The number of fused-ring (bicyclic) bond motifs is 1. The summed E-state index contributed by atoms with van der Waals surface area (Å²) in [5.74, 6) is -1.96. The molecule has 0 aliphatic carbocycles. The van der Waals surface area contributed by atoms with Crippen LogP contribution in [0.1, 0.15) is 26.3 Å². The average molecular weight is 502 g/mol. The van der Waals surface area contributed by atoms with E-state index in [1.54, 1.807) is 51.2 Å². The van der Waals surface area contributed by atoms with Crippen molar-refractivity contribution in [3.05, 3.63) is 48.3 Å². The van der Waals surface area contributed by atoms with Gasteiger partial charge >= 0.3 is 12.1 Å². The molecule has 11 nitrogen and oxygen atoms in total. The molecule has 0 aromatic carbocycles. The van der Waals surface area contributed by atoms with E-state index in [0.29, 0.717) is 22.3 Å². The Morgan fingerprint density at radius 3 is 2.51 bits per heavy atom. The number of rotatable bonds is 8. The van der Waals surface area contributed by atoms with Crippen LogP contribution in [0.25, 0.3) is 22.3 Å². The number of hydrogen-bond donors (Lipinski definition) is 2. The Labute approximate surface area is 203 Å². The van der Waals surface area contributed by atoms with Crippen LogP contribution in [0.4, 0.5) is 10.6 Å². The van der Waals surface area contributed by atoms with E-state index in [2.05, 4.69) is 25.0 Å². The van der Waals surface area contributed by atoms with Crippen LogP contribution < -0.4 is 10.0 Å². The molecule has 0 aliphatic heterocycles. The van der Waals surface area contributed by atoms with Gasteiger partial charge in [-0.05, 0) is 51.5 Å². The number of pyridine rings is 3. The predicted molar refractivity (Wildman–Crippen MR) is 130 cm³/mol. The van der Waals surface area contributed by atoms with E-state index in [0.717, 1.165) is 5.56 Å². The highest BCUT2D eigenvalue weighted by molar-refractivity contribution is 7.93. The van der Waals surface area contributed by atoms with Gasteiger partial charge in [0.15, 0.2) is 11.6 Å². The van der Waals surface area contributed by atoms with Crippen LogP contribution in [0, 0.1) is 6.92 Å². The number of alkyl carbamates (subject to hydrolysis) is 1. The fraction of sp³-hybridized carbons (Fsp3) is 0.348. The van der Waals surface area contributed by atoms with Crippen molar-refractivity contribution in [3.63, 3.8) is 0 Å². The van der Waals surface area contributed by atoms with Crippen molar-refractivity contribution in [1.82, 2.24) is 20.3 Å². The quantitative estimate of drug-likeness (QED) is 0.351. The minimum atomic E-state index is -4.17. The number of aromatic nitrogens is 3. The highest BCUT2D eigenvalue weighted by Crippen LogP contribution is 2.27. The van der Waals surface area contributed by atoms with Gasteiger partial charge in [-0.3, -0.25) is 19.5 Å². The van der Waals surface area contributed by atoms with Gasteiger partial charge in [0.2, 0.25) is 10.0 Å². The zero-order valence-corrected chi connectivity index (χ0v) is 20.7. The van der Waals surface area contributed by atoms with Crippen molar-refractivity contribution in [1.29, 1.82) is 0 Å². The molecular formula is C23H27N5O6S. The average Bonchev–Trinajstić information content (AvgIpc) is 2.75. The van der Waals surface area contributed by atoms with Crippen molar-refractivity contribution < 1.29 is 27.5 Å². The smallest absolute Gasteiger partial charge is 0.407 e. The van der Waals surface area contributed by atoms with E-state index >= 15 is 0 Å². The van der Waals surface area contributed by atoms with Crippen molar-refractivity contribution >= 4 is 38.8 Å². The summed E-state index contributed by atoms with van der Waals surface area (Å²) in [7, 11) is -4.17. The molecule has 1 amide bonds. The van der Waals surface area contributed by atoms with E-state index < -0.39 is 33.4 Å². The summed E-state index contributed by atoms with van der Waals surface area (Å²) < 4.78 is 37.7. The first-order chi connectivity index (χ1) is 16.4. The lowest BCUT2D eigenvalue weighted by Crippen LogP contribution is -2.35. The Balaban J connectivity index is 1.68.